The number of piperazine rings is 1. The third kappa shape index (κ3) is 3.87. The van der Waals surface area contributed by atoms with Gasteiger partial charge in [-0.05, 0) is 58.7 Å². The van der Waals surface area contributed by atoms with Gasteiger partial charge in [0.2, 0.25) is 11.8 Å². The minimum absolute atomic E-state index is 0.0602. The Morgan fingerprint density at radius 3 is 2.15 bits per heavy atom. The van der Waals surface area contributed by atoms with Crippen molar-refractivity contribution in [2.45, 2.75) is 41.5 Å². The van der Waals surface area contributed by atoms with Crippen molar-refractivity contribution in [3.63, 3.8) is 0 Å². The summed E-state index contributed by atoms with van der Waals surface area (Å²) in [4.78, 5) is 31.7. The summed E-state index contributed by atoms with van der Waals surface area (Å²) in [7, 11) is 0. The maximum atomic E-state index is 13.0. The Bertz CT molecular complexity index is 657. The average molecular weight is 360 g/mol. The molecule has 0 saturated carbocycles. The topological polar surface area (TPSA) is 43.9 Å². The van der Waals surface area contributed by atoms with E-state index in [-0.39, 0.29) is 11.8 Å². The minimum Gasteiger partial charge on any atom is -0.368 e. The Kier molecular flexibility index (Phi) is 6.32. The SMILES string of the molecule is CCN(CC)C(=O)C(C)(C)C(=O)N1CCN(c2cccc(C)c2C)CC1. The first-order valence-electron chi connectivity index (χ1n) is 9.63. The van der Waals surface area contributed by atoms with Gasteiger partial charge >= 0.3 is 0 Å². The van der Waals surface area contributed by atoms with E-state index in [1.54, 1.807) is 18.7 Å². The van der Waals surface area contributed by atoms with Crippen molar-refractivity contribution in [3.05, 3.63) is 29.3 Å². The van der Waals surface area contributed by atoms with Gasteiger partial charge in [0, 0.05) is 45.0 Å². The molecule has 1 aromatic carbocycles. The van der Waals surface area contributed by atoms with Gasteiger partial charge in [0.1, 0.15) is 5.41 Å². The van der Waals surface area contributed by atoms with Gasteiger partial charge in [-0.15, -0.1) is 0 Å². The molecule has 1 saturated heterocycles. The lowest BCUT2D eigenvalue weighted by Gasteiger charge is -2.40. The van der Waals surface area contributed by atoms with Crippen molar-refractivity contribution in [2.24, 2.45) is 5.41 Å². The fraction of sp³-hybridized carbons (Fsp3) is 0.619. The van der Waals surface area contributed by atoms with Gasteiger partial charge in [-0.3, -0.25) is 9.59 Å². The molecule has 26 heavy (non-hydrogen) atoms. The molecule has 5 heteroatoms. The largest absolute Gasteiger partial charge is 0.368 e. The van der Waals surface area contributed by atoms with Gasteiger partial charge in [0.25, 0.3) is 0 Å². The summed E-state index contributed by atoms with van der Waals surface area (Å²) < 4.78 is 0. The molecule has 1 fully saturated rings. The van der Waals surface area contributed by atoms with Crippen LogP contribution in [0.5, 0.6) is 0 Å². The van der Waals surface area contributed by atoms with Crippen molar-refractivity contribution in [1.82, 2.24) is 9.80 Å². The molecule has 0 atom stereocenters. The van der Waals surface area contributed by atoms with Crippen molar-refractivity contribution >= 4 is 17.5 Å². The number of hydrogen-bond acceptors (Lipinski definition) is 3. The average Bonchev–Trinajstić information content (AvgIpc) is 2.64. The van der Waals surface area contributed by atoms with Crippen molar-refractivity contribution in [3.8, 4) is 0 Å². The molecule has 0 bridgehead atoms. The smallest absolute Gasteiger partial charge is 0.237 e. The van der Waals surface area contributed by atoms with Gasteiger partial charge in [-0.2, -0.15) is 0 Å². The molecule has 144 valence electrons. The number of carbonyl (C=O) groups is 2. The van der Waals surface area contributed by atoms with E-state index in [9.17, 15) is 9.59 Å². The third-order valence-electron chi connectivity index (χ3n) is 5.60. The van der Waals surface area contributed by atoms with Crippen molar-refractivity contribution in [1.29, 1.82) is 0 Å². The molecular formula is C21H33N3O2. The molecule has 1 aliphatic rings. The van der Waals surface area contributed by atoms with Crippen LogP contribution in [0.3, 0.4) is 0 Å². The van der Waals surface area contributed by atoms with Crippen LogP contribution in [0, 0.1) is 19.3 Å². The lowest BCUT2D eigenvalue weighted by atomic mass is 9.89. The summed E-state index contributed by atoms with van der Waals surface area (Å²) >= 11 is 0. The number of benzene rings is 1. The van der Waals surface area contributed by atoms with Crippen LogP contribution in [0.25, 0.3) is 0 Å². The first-order valence-corrected chi connectivity index (χ1v) is 9.63. The van der Waals surface area contributed by atoms with E-state index in [1.165, 1.54) is 16.8 Å². The van der Waals surface area contributed by atoms with E-state index in [0.29, 0.717) is 26.2 Å². The molecule has 1 heterocycles. The predicted octanol–water partition coefficient (Wildman–Crippen LogP) is 2.85. The Morgan fingerprint density at radius 1 is 1.04 bits per heavy atom. The summed E-state index contributed by atoms with van der Waals surface area (Å²) in [6.07, 6.45) is 0. The second-order valence-corrected chi connectivity index (χ2v) is 7.60. The zero-order chi connectivity index (χ0) is 19.5. The summed E-state index contributed by atoms with van der Waals surface area (Å²) in [6, 6.07) is 6.36. The Morgan fingerprint density at radius 2 is 1.62 bits per heavy atom. The molecule has 2 rings (SSSR count). The molecule has 0 spiro atoms. The van der Waals surface area contributed by atoms with E-state index < -0.39 is 5.41 Å². The van der Waals surface area contributed by atoms with E-state index in [4.69, 9.17) is 0 Å². The maximum Gasteiger partial charge on any atom is 0.237 e. The monoisotopic (exact) mass is 359 g/mol. The van der Waals surface area contributed by atoms with E-state index in [0.717, 1.165) is 13.1 Å². The van der Waals surface area contributed by atoms with Crippen molar-refractivity contribution < 1.29 is 9.59 Å². The molecule has 1 aromatic rings. The maximum absolute atomic E-state index is 13.0. The van der Waals surface area contributed by atoms with Gasteiger partial charge in [-0.1, -0.05) is 12.1 Å². The molecule has 0 aromatic heterocycles. The summed E-state index contributed by atoms with van der Waals surface area (Å²) in [5.41, 5.74) is 2.82. The number of anilines is 1. The molecule has 0 unspecified atom stereocenters. The molecular weight excluding hydrogens is 326 g/mol. The first-order chi connectivity index (χ1) is 12.2. The quantitative estimate of drug-likeness (QED) is 0.760. The molecule has 0 aliphatic carbocycles. The fourth-order valence-electron chi connectivity index (χ4n) is 3.62. The summed E-state index contributed by atoms with van der Waals surface area (Å²) in [6.45, 7) is 15.8. The zero-order valence-electron chi connectivity index (χ0n) is 17.1. The molecule has 0 radical (unpaired) electrons. The number of carbonyl (C=O) groups excluding carboxylic acids is 2. The third-order valence-corrected chi connectivity index (χ3v) is 5.60. The van der Waals surface area contributed by atoms with E-state index >= 15 is 0 Å². The van der Waals surface area contributed by atoms with Crippen molar-refractivity contribution in [2.75, 3.05) is 44.2 Å². The Labute approximate surface area is 158 Å². The van der Waals surface area contributed by atoms with E-state index in [1.807, 2.05) is 18.7 Å². The van der Waals surface area contributed by atoms with Crippen LogP contribution in [-0.2, 0) is 9.59 Å². The van der Waals surface area contributed by atoms with Crippen LogP contribution >= 0.6 is 0 Å². The zero-order valence-corrected chi connectivity index (χ0v) is 17.1. The fourth-order valence-corrected chi connectivity index (χ4v) is 3.62. The van der Waals surface area contributed by atoms with Crippen LogP contribution in [0.2, 0.25) is 0 Å². The Balaban J connectivity index is 2.06. The normalized spacial score (nSPS) is 15.2. The molecule has 0 N–H and O–H groups in total. The van der Waals surface area contributed by atoms with Crippen LogP contribution in [0.1, 0.15) is 38.8 Å². The van der Waals surface area contributed by atoms with Crippen LogP contribution in [0.15, 0.2) is 18.2 Å². The second-order valence-electron chi connectivity index (χ2n) is 7.60. The van der Waals surface area contributed by atoms with Gasteiger partial charge in [-0.25, -0.2) is 0 Å². The van der Waals surface area contributed by atoms with Crippen LogP contribution in [0.4, 0.5) is 5.69 Å². The number of aryl methyl sites for hydroxylation is 1. The number of nitrogens with zero attached hydrogens (tertiary/aromatic N) is 3. The molecule has 1 aliphatic heterocycles. The lowest BCUT2D eigenvalue weighted by Crippen LogP contribution is -2.56. The predicted molar refractivity (Wildman–Crippen MR) is 106 cm³/mol. The molecule has 5 nitrogen and oxygen atoms in total. The highest BCUT2D eigenvalue weighted by Crippen LogP contribution is 2.26. The van der Waals surface area contributed by atoms with Gasteiger partial charge in [0.05, 0.1) is 0 Å². The molecule has 2 amide bonds. The summed E-state index contributed by atoms with van der Waals surface area (Å²) in [5.74, 6) is -0.139. The lowest BCUT2D eigenvalue weighted by molar-refractivity contribution is -0.154. The number of amides is 2. The Hall–Kier alpha value is -2.04. The van der Waals surface area contributed by atoms with Gasteiger partial charge < -0.3 is 14.7 Å². The minimum atomic E-state index is -1.01. The highest BCUT2D eigenvalue weighted by molar-refractivity contribution is 6.04. The van der Waals surface area contributed by atoms with Crippen LogP contribution < -0.4 is 4.90 Å². The number of rotatable bonds is 5. The van der Waals surface area contributed by atoms with Crippen LogP contribution in [-0.4, -0.2) is 60.9 Å². The highest BCUT2D eigenvalue weighted by atomic mass is 16.2. The number of hydrogen-bond donors (Lipinski definition) is 0. The standard InChI is InChI=1S/C21H33N3O2/c1-7-22(8-2)19(25)21(5,6)20(26)24-14-12-23(13-15-24)18-11-9-10-16(3)17(18)4/h9-11H,7-8,12-15H2,1-6H3. The van der Waals surface area contributed by atoms with E-state index in [2.05, 4.69) is 36.9 Å². The summed E-state index contributed by atoms with van der Waals surface area (Å²) in [5, 5.41) is 0. The second kappa shape index (κ2) is 8.11. The highest BCUT2D eigenvalue weighted by Gasteiger charge is 2.41. The van der Waals surface area contributed by atoms with Gasteiger partial charge in [0.15, 0.2) is 0 Å². The first kappa shape index (κ1) is 20.3.